The van der Waals surface area contributed by atoms with E-state index in [1.54, 1.807) is 19.2 Å². The van der Waals surface area contributed by atoms with Crippen LogP contribution in [0.15, 0.2) is 36.7 Å². The summed E-state index contributed by atoms with van der Waals surface area (Å²) in [5.41, 5.74) is 1.04. The number of hydrogen-bond donors (Lipinski definition) is 1. The number of pyridine rings is 1. The Morgan fingerprint density at radius 2 is 2.00 bits per heavy atom. The van der Waals surface area contributed by atoms with E-state index in [1.807, 2.05) is 0 Å². The molecule has 100 valence electrons. The lowest BCUT2D eigenvalue weighted by atomic mass is 9.99. The first-order valence-corrected chi connectivity index (χ1v) is 5.77. The van der Waals surface area contributed by atoms with Crippen molar-refractivity contribution in [3.63, 3.8) is 0 Å². The normalized spacial score (nSPS) is 12.2. The highest BCUT2D eigenvalue weighted by Crippen LogP contribution is 2.27. The third-order valence-electron chi connectivity index (χ3n) is 2.91. The Bertz CT molecular complexity index is 575. The molecule has 0 spiro atoms. The average Bonchev–Trinajstić information content (AvgIpc) is 2.42. The molecule has 0 saturated carbocycles. The molecule has 1 unspecified atom stereocenters. The van der Waals surface area contributed by atoms with E-state index in [1.165, 1.54) is 25.4 Å². The molecule has 0 radical (unpaired) electrons. The summed E-state index contributed by atoms with van der Waals surface area (Å²) >= 11 is 0. The lowest BCUT2D eigenvalue weighted by molar-refractivity contribution is 0.386. The molecule has 2 aromatic rings. The molecule has 3 nitrogen and oxygen atoms in total. The van der Waals surface area contributed by atoms with Crippen LogP contribution in [0.3, 0.4) is 0 Å². The van der Waals surface area contributed by atoms with Gasteiger partial charge in [-0.1, -0.05) is 6.07 Å². The summed E-state index contributed by atoms with van der Waals surface area (Å²) in [6.07, 6.45) is 2.64. The molecule has 0 fully saturated rings. The molecule has 5 heteroatoms. The van der Waals surface area contributed by atoms with Gasteiger partial charge in [-0.05, 0) is 30.8 Å². The molecule has 1 heterocycles. The van der Waals surface area contributed by atoms with Gasteiger partial charge in [0.05, 0.1) is 19.3 Å². The van der Waals surface area contributed by atoms with Crippen LogP contribution in [0.25, 0.3) is 0 Å². The quantitative estimate of drug-likeness (QED) is 0.922. The Labute approximate surface area is 110 Å². The largest absolute Gasteiger partial charge is 0.494 e. The lowest BCUT2D eigenvalue weighted by Gasteiger charge is -2.18. The number of benzene rings is 1. The van der Waals surface area contributed by atoms with Crippen molar-refractivity contribution in [2.45, 2.75) is 6.04 Å². The minimum Gasteiger partial charge on any atom is -0.494 e. The standard InChI is InChI=1S/C14H14F2N2O/c1-17-14(10-5-6-18-8-12(10)16)9-3-4-13(19-2)11(15)7-9/h3-8,14,17H,1-2H3. The Balaban J connectivity index is 2.43. The van der Waals surface area contributed by atoms with Gasteiger partial charge in [-0.3, -0.25) is 4.98 Å². The SMILES string of the molecule is CNC(c1ccc(OC)c(F)c1)c1ccncc1F. The van der Waals surface area contributed by atoms with Crippen molar-refractivity contribution in [1.82, 2.24) is 10.3 Å². The topological polar surface area (TPSA) is 34.1 Å². The molecule has 0 bridgehead atoms. The van der Waals surface area contributed by atoms with Crippen molar-refractivity contribution in [2.24, 2.45) is 0 Å². The molecule has 19 heavy (non-hydrogen) atoms. The molecule has 1 aromatic carbocycles. The molecule has 0 amide bonds. The molecule has 0 aliphatic carbocycles. The second-order valence-electron chi connectivity index (χ2n) is 4.01. The zero-order valence-electron chi connectivity index (χ0n) is 10.7. The first kappa shape index (κ1) is 13.4. The maximum atomic E-state index is 13.7. The van der Waals surface area contributed by atoms with Crippen molar-refractivity contribution < 1.29 is 13.5 Å². The summed E-state index contributed by atoms with van der Waals surface area (Å²) < 4.78 is 32.3. The molecular formula is C14H14F2N2O. The van der Waals surface area contributed by atoms with E-state index < -0.39 is 17.7 Å². The van der Waals surface area contributed by atoms with Crippen molar-refractivity contribution in [3.05, 3.63) is 59.4 Å². The van der Waals surface area contributed by atoms with Gasteiger partial charge < -0.3 is 10.1 Å². The third-order valence-corrected chi connectivity index (χ3v) is 2.91. The number of nitrogens with zero attached hydrogens (tertiary/aromatic N) is 1. The summed E-state index contributed by atoms with van der Waals surface area (Å²) in [4.78, 5) is 3.70. The zero-order valence-corrected chi connectivity index (χ0v) is 10.7. The maximum Gasteiger partial charge on any atom is 0.165 e. The fraction of sp³-hybridized carbons (Fsp3) is 0.214. The fourth-order valence-corrected chi connectivity index (χ4v) is 1.98. The van der Waals surface area contributed by atoms with Gasteiger partial charge in [0.25, 0.3) is 0 Å². The zero-order chi connectivity index (χ0) is 13.8. The van der Waals surface area contributed by atoms with Gasteiger partial charge in [0.2, 0.25) is 0 Å². The molecule has 1 atom stereocenters. The molecule has 2 rings (SSSR count). The summed E-state index contributed by atoms with van der Waals surface area (Å²) in [6, 6.07) is 5.68. The molecule has 1 N–H and O–H groups in total. The van der Waals surface area contributed by atoms with Gasteiger partial charge in [-0.2, -0.15) is 0 Å². The number of rotatable bonds is 4. The van der Waals surface area contributed by atoms with Crippen LogP contribution >= 0.6 is 0 Å². The Morgan fingerprint density at radius 1 is 1.21 bits per heavy atom. The minimum atomic E-state index is -0.477. The Hall–Kier alpha value is -2.01. The van der Waals surface area contributed by atoms with Crippen LogP contribution in [0.1, 0.15) is 17.2 Å². The second-order valence-corrected chi connectivity index (χ2v) is 4.01. The Morgan fingerprint density at radius 3 is 2.58 bits per heavy atom. The molecule has 0 aliphatic rings. The van der Waals surface area contributed by atoms with E-state index in [2.05, 4.69) is 10.3 Å². The highest BCUT2D eigenvalue weighted by atomic mass is 19.1. The summed E-state index contributed by atoms with van der Waals surface area (Å²) in [7, 11) is 3.09. The number of hydrogen-bond acceptors (Lipinski definition) is 3. The van der Waals surface area contributed by atoms with E-state index in [9.17, 15) is 8.78 Å². The Kier molecular flexibility index (Phi) is 4.06. The lowest BCUT2D eigenvalue weighted by Crippen LogP contribution is -2.19. The predicted octanol–water partition coefficient (Wildman–Crippen LogP) is 2.68. The summed E-state index contributed by atoms with van der Waals surface area (Å²) in [5, 5.41) is 2.96. The highest BCUT2D eigenvalue weighted by molar-refractivity contribution is 5.36. The van der Waals surface area contributed by atoms with Gasteiger partial charge in [0.15, 0.2) is 11.6 Å². The number of ether oxygens (including phenoxy) is 1. The van der Waals surface area contributed by atoms with Crippen LogP contribution < -0.4 is 10.1 Å². The first-order valence-electron chi connectivity index (χ1n) is 5.77. The predicted molar refractivity (Wildman–Crippen MR) is 68.0 cm³/mol. The van der Waals surface area contributed by atoms with Gasteiger partial charge in [0, 0.05) is 11.8 Å². The smallest absolute Gasteiger partial charge is 0.165 e. The molecule has 0 saturated heterocycles. The second kappa shape index (κ2) is 5.75. The number of aromatic nitrogens is 1. The van der Waals surface area contributed by atoms with Crippen LogP contribution in [0.2, 0.25) is 0 Å². The van der Waals surface area contributed by atoms with Crippen molar-refractivity contribution in [3.8, 4) is 5.75 Å². The van der Waals surface area contributed by atoms with Gasteiger partial charge >= 0.3 is 0 Å². The summed E-state index contributed by atoms with van der Waals surface area (Å²) in [6.45, 7) is 0. The molecule has 0 aliphatic heterocycles. The van der Waals surface area contributed by atoms with Crippen LogP contribution in [0, 0.1) is 11.6 Å². The van der Waals surface area contributed by atoms with Crippen LogP contribution in [-0.4, -0.2) is 19.1 Å². The number of nitrogens with one attached hydrogen (secondary N) is 1. The van der Waals surface area contributed by atoms with Gasteiger partial charge in [-0.15, -0.1) is 0 Å². The molecule has 1 aromatic heterocycles. The monoisotopic (exact) mass is 264 g/mol. The van der Waals surface area contributed by atoms with Gasteiger partial charge in [0.1, 0.15) is 5.82 Å². The number of halogens is 2. The van der Waals surface area contributed by atoms with Crippen molar-refractivity contribution in [2.75, 3.05) is 14.2 Å². The van der Waals surface area contributed by atoms with E-state index in [-0.39, 0.29) is 5.75 Å². The first-order chi connectivity index (χ1) is 9.17. The fourth-order valence-electron chi connectivity index (χ4n) is 1.98. The summed E-state index contributed by atoms with van der Waals surface area (Å²) in [5.74, 6) is -0.749. The number of methoxy groups -OCH3 is 1. The van der Waals surface area contributed by atoms with Crippen LogP contribution in [0.4, 0.5) is 8.78 Å². The maximum absolute atomic E-state index is 13.7. The van der Waals surface area contributed by atoms with Crippen LogP contribution in [-0.2, 0) is 0 Å². The molecular weight excluding hydrogens is 250 g/mol. The van der Waals surface area contributed by atoms with Crippen molar-refractivity contribution >= 4 is 0 Å². The van der Waals surface area contributed by atoms with Crippen molar-refractivity contribution in [1.29, 1.82) is 0 Å². The average molecular weight is 264 g/mol. The van der Waals surface area contributed by atoms with Gasteiger partial charge in [-0.25, -0.2) is 8.78 Å². The third kappa shape index (κ3) is 2.71. The highest BCUT2D eigenvalue weighted by Gasteiger charge is 2.17. The van der Waals surface area contributed by atoms with E-state index in [0.29, 0.717) is 11.1 Å². The van der Waals surface area contributed by atoms with E-state index in [0.717, 1.165) is 6.20 Å². The van der Waals surface area contributed by atoms with Crippen LogP contribution in [0.5, 0.6) is 5.75 Å². The van der Waals surface area contributed by atoms with E-state index >= 15 is 0 Å². The minimum absolute atomic E-state index is 0.161. The van der Waals surface area contributed by atoms with E-state index in [4.69, 9.17) is 4.74 Å².